The minimum Gasteiger partial charge on any atom is -0.461 e. The largest absolute Gasteiger partial charge is 0.461 e. The average Bonchev–Trinajstić information content (AvgIpc) is 3.35. The Balaban J connectivity index is 1.64. The normalized spacial score (nSPS) is 17.1. The lowest BCUT2D eigenvalue weighted by atomic mass is 10.2. The molecule has 136 valence electrons. The highest BCUT2D eigenvalue weighted by Crippen LogP contribution is 2.26. The van der Waals surface area contributed by atoms with Gasteiger partial charge < -0.3 is 19.1 Å². The number of imidazole rings is 1. The lowest BCUT2D eigenvalue weighted by molar-refractivity contribution is 0.0520. The van der Waals surface area contributed by atoms with Gasteiger partial charge in [0.05, 0.1) is 43.5 Å². The molecule has 2 aromatic heterocycles. The molecule has 3 rings (SSSR count). The first-order valence-electron chi connectivity index (χ1n) is 8.22. The van der Waals surface area contributed by atoms with Gasteiger partial charge >= 0.3 is 5.97 Å². The highest BCUT2D eigenvalue weighted by Gasteiger charge is 2.20. The smallest absolute Gasteiger partial charge is 0.357 e. The molecule has 1 aliphatic rings. The lowest BCUT2D eigenvalue weighted by Crippen LogP contribution is -2.17. The summed E-state index contributed by atoms with van der Waals surface area (Å²) < 4.78 is 12.7. The Morgan fingerprint density at radius 1 is 1.60 bits per heavy atom. The number of carbonyl (C=O) groups is 1. The lowest BCUT2D eigenvalue weighted by Gasteiger charge is -2.14. The van der Waals surface area contributed by atoms with E-state index >= 15 is 0 Å². The number of nitrogens with zero attached hydrogens (tertiary/aromatic N) is 3. The predicted octanol–water partition coefficient (Wildman–Crippen LogP) is 2.48. The fourth-order valence-corrected chi connectivity index (χ4v) is 4.41. The summed E-state index contributed by atoms with van der Waals surface area (Å²) in [4.78, 5) is 20.4. The van der Waals surface area contributed by atoms with Crippen molar-refractivity contribution >= 4 is 29.1 Å². The summed E-state index contributed by atoms with van der Waals surface area (Å²) in [6, 6.07) is 0. The summed E-state index contributed by atoms with van der Waals surface area (Å²) in [5.41, 5.74) is 1.13. The molecule has 0 amide bonds. The number of thiazole rings is 1. The zero-order valence-corrected chi connectivity index (χ0v) is 15.6. The Hall–Kier alpha value is -1.42. The Kier molecular flexibility index (Phi) is 6.46. The summed E-state index contributed by atoms with van der Waals surface area (Å²) in [6.07, 6.45) is 3.98. The molecule has 9 heteroatoms. The van der Waals surface area contributed by atoms with Crippen LogP contribution in [-0.4, -0.2) is 44.9 Å². The van der Waals surface area contributed by atoms with Gasteiger partial charge in [0.1, 0.15) is 5.01 Å². The van der Waals surface area contributed by atoms with E-state index in [0.29, 0.717) is 24.6 Å². The summed E-state index contributed by atoms with van der Waals surface area (Å²) in [6.45, 7) is 3.56. The van der Waals surface area contributed by atoms with E-state index in [1.807, 2.05) is 4.57 Å². The summed E-state index contributed by atoms with van der Waals surface area (Å²) in [5, 5.41) is 12.9. The zero-order valence-electron chi connectivity index (χ0n) is 14.0. The topological polar surface area (TPSA) is 86.5 Å². The van der Waals surface area contributed by atoms with Gasteiger partial charge in [0.15, 0.2) is 10.9 Å². The van der Waals surface area contributed by atoms with Crippen LogP contribution in [-0.2, 0) is 28.4 Å². The summed E-state index contributed by atoms with van der Waals surface area (Å²) in [7, 11) is 0. The molecule has 3 heterocycles. The van der Waals surface area contributed by atoms with Crippen molar-refractivity contribution in [2.24, 2.45) is 0 Å². The SMILES string of the molecule is CCOC(=O)c1csc(CSc2ncc(CO)n2C[C@@H]2CCCO2)n1. The quantitative estimate of drug-likeness (QED) is 0.553. The van der Waals surface area contributed by atoms with E-state index in [9.17, 15) is 9.90 Å². The number of aliphatic hydroxyl groups excluding tert-OH is 1. The maximum atomic E-state index is 11.7. The van der Waals surface area contributed by atoms with Gasteiger partial charge in [0, 0.05) is 12.0 Å². The Labute approximate surface area is 154 Å². The minimum absolute atomic E-state index is 0.0511. The molecule has 0 spiro atoms. The molecule has 25 heavy (non-hydrogen) atoms. The number of hydrogen-bond donors (Lipinski definition) is 1. The average molecular weight is 383 g/mol. The van der Waals surface area contributed by atoms with Crippen LogP contribution in [0, 0.1) is 0 Å². The monoisotopic (exact) mass is 383 g/mol. The van der Waals surface area contributed by atoms with Gasteiger partial charge in [0.2, 0.25) is 0 Å². The second-order valence-electron chi connectivity index (χ2n) is 5.57. The van der Waals surface area contributed by atoms with Gasteiger partial charge in [-0.25, -0.2) is 14.8 Å². The first-order chi connectivity index (χ1) is 12.2. The second-order valence-corrected chi connectivity index (χ2v) is 7.46. The molecule has 7 nitrogen and oxygen atoms in total. The number of hydrogen-bond acceptors (Lipinski definition) is 8. The van der Waals surface area contributed by atoms with Crippen LogP contribution in [0.25, 0.3) is 0 Å². The summed E-state index contributed by atoms with van der Waals surface area (Å²) in [5.74, 6) is 0.217. The van der Waals surface area contributed by atoms with E-state index < -0.39 is 5.97 Å². The molecule has 1 aliphatic heterocycles. The third kappa shape index (κ3) is 4.60. The van der Waals surface area contributed by atoms with Crippen LogP contribution < -0.4 is 0 Å². The van der Waals surface area contributed by atoms with Crippen molar-refractivity contribution < 1.29 is 19.4 Å². The molecule has 0 aromatic carbocycles. The van der Waals surface area contributed by atoms with Gasteiger partial charge in [0.25, 0.3) is 0 Å². The second kappa shape index (κ2) is 8.79. The van der Waals surface area contributed by atoms with Crippen molar-refractivity contribution in [3.8, 4) is 0 Å². The third-order valence-electron chi connectivity index (χ3n) is 3.83. The molecular weight excluding hydrogens is 362 g/mol. The highest BCUT2D eigenvalue weighted by molar-refractivity contribution is 7.98. The maximum Gasteiger partial charge on any atom is 0.357 e. The number of carbonyl (C=O) groups excluding carboxylic acids is 1. The molecule has 1 fully saturated rings. The molecule has 1 N–H and O–H groups in total. The number of aliphatic hydroxyl groups is 1. The molecule has 2 aromatic rings. The molecule has 0 radical (unpaired) electrons. The van der Waals surface area contributed by atoms with Crippen LogP contribution in [0.15, 0.2) is 16.7 Å². The van der Waals surface area contributed by atoms with E-state index in [-0.39, 0.29) is 12.7 Å². The van der Waals surface area contributed by atoms with Crippen LogP contribution in [0.3, 0.4) is 0 Å². The van der Waals surface area contributed by atoms with E-state index in [1.165, 1.54) is 23.1 Å². The van der Waals surface area contributed by atoms with E-state index in [1.54, 1.807) is 18.5 Å². The predicted molar refractivity (Wildman–Crippen MR) is 94.8 cm³/mol. The van der Waals surface area contributed by atoms with Gasteiger partial charge in [-0.2, -0.15) is 0 Å². The molecule has 1 atom stereocenters. The number of ether oxygens (including phenoxy) is 2. The molecule has 1 saturated heterocycles. The van der Waals surface area contributed by atoms with Crippen molar-refractivity contribution in [2.45, 2.75) is 49.9 Å². The Morgan fingerprint density at radius 3 is 3.20 bits per heavy atom. The minimum atomic E-state index is -0.391. The molecule has 0 unspecified atom stereocenters. The van der Waals surface area contributed by atoms with E-state index in [4.69, 9.17) is 9.47 Å². The molecule has 0 bridgehead atoms. The molecule has 0 aliphatic carbocycles. The van der Waals surface area contributed by atoms with Crippen molar-refractivity contribution in [3.05, 3.63) is 28.0 Å². The number of aromatic nitrogens is 3. The van der Waals surface area contributed by atoms with Crippen LogP contribution in [0.4, 0.5) is 0 Å². The number of esters is 1. The number of thioether (sulfide) groups is 1. The van der Waals surface area contributed by atoms with E-state index in [0.717, 1.165) is 35.3 Å². The zero-order chi connectivity index (χ0) is 17.6. The Morgan fingerprint density at radius 2 is 2.48 bits per heavy atom. The fraction of sp³-hybridized carbons (Fsp3) is 0.562. The molecule has 0 saturated carbocycles. The standard InChI is InChI=1S/C16H21N3O4S2/c1-2-22-15(21)13-9-24-14(18-13)10-25-16-17-6-11(8-20)19(16)7-12-4-3-5-23-12/h6,9,12,20H,2-5,7-8,10H2,1H3/t12-/m0/s1. The molecular formula is C16H21N3O4S2. The number of rotatable bonds is 8. The first kappa shape index (κ1) is 18.4. The Bertz CT molecular complexity index is 710. The first-order valence-corrected chi connectivity index (χ1v) is 10.1. The van der Waals surface area contributed by atoms with Crippen LogP contribution in [0.1, 0.15) is 41.0 Å². The fourth-order valence-electron chi connectivity index (χ4n) is 2.62. The van der Waals surface area contributed by atoms with Crippen molar-refractivity contribution in [3.63, 3.8) is 0 Å². The van der Waals surface area contributed by atoms with Crippen LogP contribution in [0.5, 0.6) is 0 Å². The van der Waals surface area contributed by atoms with Gasteiger partial charge in [-0.1, -0.05) is 11.8 Å². The van der Waals surface area contributed by atoms with Crippen molar-refractivity contribution in [2.75, 3.05) is 13.2 Å². The van der Waals surface area contributed by atoms with Gasteiger partial charge in [-0.15, -0.1) is 11.3 Å². The van der Waals surface area contributed by atoms with Crippen LogP contribution >= 0.6 is 23.1 Å². The van der Waals surface area contributed by atoms with Crippen molar-refractivity contribution in [1.82, 2.24) is 14.5 Å². The van der Waals surface area contributed by atoms with Crippen molar-refractivity contribution in [1.29, 1.82) is 0 Å². The third-order valence-corrected chi connectivity index (χ3v) is 5.87. The van der Waals surface area contributed by atoms with Crippen LogP contribution in [0.2, 0.25) is 0 Å². The van der Waals surface area contributed by atoms with E-state index in [2.05, 4.69) is 9.97 Å². The summed E-state index contributed by atoms with van der Waals surface area (Å²) >= 11 is 2.97. The maximum absolute atomic E-state index is 11.7. The highest BCUT2D eigenvalue weighted by atomic mass is 32.2. The van der Waals surface area contributed by atoms with Gasteiger partial charge in [-0.05, 0) is 19.8 Å². The van der Waals surface area contributed by atoms with Gasteiger partial charge in [-0.3, -0.25) is 0 Å².